The molecule has 0 atom stereocenters. The third-order valence-corrected chi connectivity index (χ3v) is 3.15. The average molecular weight is 283 g/mol. The molecule has 0 saturated carbocycles. The van der Waals surface area contributed by atoms with E-state index >= 15 is 0 Å². The Morgan fingerprint density at radius 1 is 1.25 bits per heavy atom. The van der Waals surface area contributed by atoms with Crippen LogP contribution in [0.2, 0.25) is 0 Å². The van der Waals surface area contributed by atoms with Gasteiger partial charge in [0.15, 0.2) is 0 Å². The minimum absolute atomic E-state index is 0.430. The van der Waals surface area contributed by atoms with Gasteiger partial charge in [-0.15, -0.1) is 0 Å². The van der Waals surface area contributed by atoms with Crippen LogP contribution in [0.4, 0.5) is 14.5 Å². The zero-order valence-electron chi connectivity index (χ0n) is 10.7. The zero-order chi connectivity index (χ0) is 15.2. The van der Waals surface area contributed by atoms with Crippen LogP contribution >= 0.6 is 0 Å². The first-order chi connectivity index (χ1) is 9.16. The van der Waals surface area contributed by atoms with Crippen LogP contribution in [0.15, 0.2) is 12.1 Å². The quantitative estimate of drug-likeness (QED) is 0.855. The summed E-state index contributed by atoms with van der Waals surface area (Å²) in [5, 5.41) is 9.03. The van der Waals surface area contributed by atoms with Gasteiger partial charge in [-0.3, -0.25) is 14.4 Å². The fourth-order valence-electron chi connectivity index (χ4n) is 1.97. The monoisotopic (exact) mass is 283 g/mol. The summed E-state index contributed by atoms with van der Waals surface area (Å²) in [7, 11) is 0. The highest BCUT2D eigenvalue weighted by atomic mass is 19.1. The number of hydrogen-bond donors (Lipinski definition) is 1. The lowest BCUT2D eigenvalue weighted by molar-refractivity contribution is -0.146. The molecule has 0 bridgehead atoms. The van der Waals surface area contributed by atoms with Crippen LogP contribution in [0.3, 0.4) is 0 Å². The number of carboxylic acids is 1. The van der Waals surface area contributed by atoms with Crippen molar-refractivity contribution in [1.29, 1.82) is 0 Å². The number of fused-ring (bicyclic) bond motifs is 1. The van der Waals surface area contributed by atoms with E-state index in [-0.39, 0.29) is 0 Å². The Morgan fingerprint density at radius 3 is 2.35 bits per heavy atom. The Hall–Kier alpha value is -2.31. The molecule has 0 aliphatic carbocycles. The van der Waals surface area contributed by atoms with Gasteiger partial charge in [-0.25, -0.2) is 8.78 Å². The predicted octanol–water partition coefficient (Wildman–Crippen LogP) is 1.60. The van der Waals surface area contributed by atoms with Gasteiger partial charge >= 0.3 is 5.97 Å². The predicted molar refractivity (Wildman–Crippen MR) is 64.5 cm³/mol. The number of halogens is 2. The van der Waals surface area contributed by atoms with Crippen LogP contribution in [0.25, 0.3) is 0 Å². The topological polar surface area (TPSA) is 74.7 Å². The van der Waals surface area contributed by atoms with Crippen molar-refractivity contribution in [3.8, 4) is 0 Å². The van der Waals surface area contributed by atoms with Crippen LogP contribution < -0.4 is 4.90 Å². The molecule has 0 saturated heterocycles. The van der Waals surface area contributed by atoms with Crippen molar-refractivity contribution >= 4 is 23.3 Å². The summed E-state index contributed by atoms with van der Waals surface area (Å²) in [6.07, 6.45) is 0. The molecule has 1 aliphatic rings. The number of rotatable bonds is 3. The van der Waals surface area contributed by atoms with Crippen LogP contribution in [0.1, 0.15) is 24.2 Å². The third kappa shape index (κ3) is 1.95. The van der Waals surface area contributed by atoms with E-state index < -0.39 is 52.5 Å². The van der Waals surface area contributed by atoms with Gasteiger partial charge in [0.1, 0.15) is 11.6 Å². The minimum atomic E-state index is -1.41. The SMILES string of the molecule is CC(C)(CN1C(=O)C(=O)c2c(F)ccc(F)c21)C(=O)O. The van der Waals surface area contributed by atoms with Crippen molar-refractivity contribution in [2.24, 2.45) is 5.41 Å². The van der Waals surface area contributed by atoms with Crippen molar-refractivity contribution in [1.82, 2.24) is 0 Å². The Balaban J connectivity index is 2.54. The molecule has 1 aromatic rings. The van der Waals surface area contributed by atoms with Gasteiger partial charge in [0, 0.05) is 6.54 Å². The number of aliphatic carboxylic acids is 1. The number of carbonyl (C=O) groups is 3. The zero-order valence-corrected chi connectivity index (χ0v) is 10.7. The van der Waals surface area contributed by atoms with Gasteiger partial charge in [-0.1, -0.05) is 0 Å². The second-order valence-electron chi connectivity index (χ2n) is 5.16. The summed E-state index contributed by atoms with van der Waals surface area (Å²) in [6.45, 7) is 2.21. The molecule has 2 rings (SSSR count). The highest BCUT2D eigenvalue weighted by molar-refractivity contribution is 6.52. The van der Waals surface area contributed by atoms with E-state index in [9.17, 15) is 23.2 Å². The number of anilines is 1. The van der Waals surface area contributed by atoms with Gasteiger partial charge in [0.05, 0.1) is 16.7 Å². The van der Waals surface area contributed by atoms with Crippen molar-refractivity contribution in [2.45, 2.75) is 13.8 Å². The Kier molecular flexibility index (Phi) is 3.08. The Labute approximate surface area is 112 Å². The van der Waals surface area contributed by atoms with Crippen LogP contribution in [0.5, 0.6) is 0 Å². The molecule has 0 fully saturated rings. The van der Waals surface area contributed by atoms with Crippen LogP contribution in [-0.2, 0) is 9.59 Å². The van der Waals surface area contributed by atoms with Gasteiger partial charge < -0.3 is 10.0 Å². The molecule has 1 aliphatic heterocycles. The average Bonchev–Trinajstić information content (AvgIpc) is 2.59. The van der Waals surface area contributed by atoms with E-state index in [1.54, 1.807) is 0 Å². The molecule has 0 spiro atoms. The normalized spacial score (nSPS) is 14.7. The molecule has 0 radical (unpaired) electrons. The number of ketones is 1. The number of carboxylic acid groups (broad SMARTS) is 1. The van der Waals surface area contributed by atoms with Crippen molar-refractivity contribution in [3.63, 3.8) is 0 Å². The first-order valence-electron chi connectivity index (χ1n) is 5.74. The van der Waals surface area contributed by atoms with Gasteiger partial charge in [-0.05, 0) is 26.0 Å². The summed E-state index contributed by atoms with van der Waals surface area (Å²) < 4.78 is 27.4. The second kappa shape index (κ2) is 4.36. The fourth-order valence-corrected chi connectivity index (χ4v) is 1.97. The van der Waals surface area contributed by atoms with E-state index in [4.69, 9.17) is 5.11 Å². The summed E-state index contributed by atoms with van der Waals surface area (Å²) >= 11 is 0. The molecule has 1 amide bonds. The van der Waals surface area contributed by atoms with Gasteiger partial charge in [-0.2, -0.15) is 0 Å². The fraction of sp³-hybridized carbons (Fsp3) is 0.308. The minimum Gasteiger partial charge on any atom is -0.481 e. The van der Waals surface area contributed by atoms with Gasteiger partial charge in [0.25, 0.3) is 11.7 Å². The summed E-state index contributed by atoms with van der Waals surface area (Å²) in [5.41, 5.74) is -2.54. The van der Waals surface area contributed by atoms with E-state index in [0.29, 0.717) is 4.90 Å². The summed E-state index contributed by atoms with van der Waals surface area (Å²) in [6, 6.07) is 1.55. The standard InChI is InChI=1S/C13H11F2NO4/c1-13(2,12(19)20)5-16-9-7(15)4-3-6(14)8(9)10(17)11(16)18/h3-4H,5H2,1-2H3,(H,19,20). The first kappa shape index (κ1) is 14.1. The van der Waals surface area contributed by atoms with E-state index in [0.717, 1.165) is 12.1 Å². The van der Waals surface area contributed by atoms with Crippen molar-refractivity contribution in [2.75, 3.05) is 11.4 Å². The number of hydrogen-bond acceptors (Lipinski definition) is 3. The molecular formula is C13H11F2NO4. The molecule has 1 heterocycles. The van der Waals surface area contributed by atoms with E-state index in [1.807, 2.05) is 0 Å². The van der Waals surface area contributed by atoms with E-state index in [2.05, 4.69) is 0 Å². The van der Waals surface area contributed by atoms with Crippen LogP contribution in [-0.4, -0.2) is 29.3 Å². The lowest BCUT2D eigenvalue weighted by Gasteiger charge is -2.26. The molecule has 106 valence electrons. The highest BCUT2D eigenvalue weighted by Gasteiger charge is 2.44. The largest absolute Gasteiger partial charge is 0.481 e. The van der Waals surface area contributed by atoms with E-state index in [1.165, 1.54) is 13.8 Å². The first-order valence-corrected chi connectivity index (χ1v) is 5.74. The van der Waals surface area contributed by atoms with Crippen LogP contribution in [0, 0.1) is 17.0 Å². The Morgan fingerprint density at radius 2 is 1.80 bits per heavy atom. The number of carbonyl (C=O) groups excluding carboxylic acids is 2. The second-order valence-corrected chi connectivity index (χ2v) is 5.16. The maximum absolute atomic E-state index is 13.8. The number of amides is 1. The number of Topliss-reactive ketones (excluding diaryl/α,β-unsaturated/α-hetero) is 1. The smallest absolute Gasteiger partial charge is 0.310 e. The number of nitrogens with zero attached hydrogens (tertiary/aromatic N) is 1. The molecule has 1 N–H and O–H groups in total. The number of benzene rings is 1. The maximum Gasteiger partial charge on any atom is 0.310 e. The van der Waals surface area contributed by atoms with Gasteiger partial charge in [0.2, 0.25) is 0 Å². The lowest BCUT2D eigenvalue weighted by Crippen LogP contribution is -2.42. The maximum atomic E-state index is 13.8. The molecular weight excluding hydrogens is 272 g/mol. The summed E-state index contributed by atoms with van der Waals surface area (Å²) in [5.74, 6) is -5.46. The molecule has 0 unspecified atom stereocenters. The summed E-state index contributed by atoms with van der Waals surface area (Å²) in [4.78, 5) is 35.3. The Bertz CT molecular complexity index is 640. The molecule has 0 aromatic heterocycles. The highest BCUT2D eigenvalue weighted by Crippen LogP contribution is 2.35. The van der Waals surface area contributed by atoms with Crippen molar-refractivity contribution < 1.29 is 28.3 Å². The molecule has 5 nitrogen and oxygen atoms in total. The third-order valence-electron chi connectivity index (χ3n) is 3.15. The molecule has 20 heavy (non-hydrogen) atoms. The van der Waals surface area contributed by atoms with Crippen molar-refractivity contribution in [3.05, 3.63) is 29.3 Å². The molecule has 7 heteroatoms. The lowest BCUT2D eigenvalue weighted by atomic mass is 9.93. The molecule has 1 aromatic carbocycles.